The first-order valence-corrected chi connectivity index (χ1v) is 5.99. The van der Waals surface area contributed by atoms with E-state index in [4.69, 9.17) is 15.2 Å². The number of ether oxygens (including phenoxy) is 2. The van der Waals surface area contributed by atoms with Crippen LogP contribution in [0, 0.1) is 5.41 Å². The third kappa shape index (κ3) is 3.44. The molecule has 1 fully saturated rings. The van der Waals surface area contributed by atoms with Crippen molar-refractivity contribution in [3.63, 3.8) is 0 Å². The summed E-state index contributed by atoms with van der Waals surface area (Å²) < 4.78 is 9.73. The predicted molar refractivity (Wildman–Crippen MR) is 66.0 cm³/mol. The predicted octanol–water partition coefficient (Wildman–Crippen LogP) is 0.270. The van der Waals surface area contributed by atoms with E-state index in [0.29, 0.717) is 0 Å². The number of nitrogens with zero attached hydrogens (tertiary/aromatic N) is 1. The number of carbonyl (C=O) groups is 3. The summed E-state index contributed by atoms with van der Waals surface area (Å²) in [7, 11) is 1.38. The second-order valence-corrected chi connectivity index (χ2v) is 5.54. The molecule has 2 unspecified atom stereocenters. The average molecular weight is 272 g/mol. The minimum Gasteiger partial charge on any atom is -0.447 e. The van der Waals surface area contributed by atoms with Crippen LogP contribution in [0.3, 0.4) is 0 Å². The van der Waals surface area contributed by atoms with Crippen LogP contribution in [-0.2, 0) is 19.1 Å². The van der Waals surface area contributed by atoms with Crippen molar-refractivity contribution < 1.29 is 23.9 Å². The van der Waals surface area contributed by atoms with Gasteiger partial charge in [-0.15, -0.1) is 0 Å². The maximum atomic E-state index is 12.1. The van der Waals surface area contributed by atoms with Gasteiger partial charge in [-0.3, -0.25) is 14.5 Å². The summed E-state index contributed by atoms with van der Waals surface area (Å²) in [6, 6.07) is -0.569. The van der Waals surface area contributed by atoms with Crippen molar-refractivity contribution in [1.29, 1.82) is 0 Å². The summed E-state index contributed by atoms with van der Waals surface area (Å²) in [5, 5.41) is 0. The highest BCUT2D eigenvalue weighted by Gasteiger charge is 2.46. The molecule has 3 amide bonds. The third-order valence-electron chi connectivity index (χ3n) is 3.12. The van der Waals surface area contributed by atoms with E-state index in [1.54, 1.807) is 0 Å². The smallest absolute Gasteiger partial charge is 0.404 e. The van der Waals surface area contributed by atoms with Crippen LogP contribution >= 0.6 is 0 Å². The third-order valence-corrected chi connectivity index (χ3v) is 3.12. The van der Waals surface area contributed by atoms with Gasteiger partial charge in [0, 0.05) is 7.11 Å². The van der Waals surface area contributed by atoms with Crippen LogP contribution in [0.5, 0.6) is 0 Å². The fourth-order valence-electron chi connectivity index (χ4n) is 2.01. The minimum atomic E-state index is -0.934. The zero-order valence-corrected chi connectivity index (χ0v) is 11.6. The second-order valence-electron chi connectivity index (χ2n) is 5.54. The number of hydrogen-bond acceptors (Lipinski definition) is 5. The van der Waals surface area contributed by atoms with Crippen LogP contribution in [0.25, 0.3) is 0 Å². The fraction of sp³-hybridized carbons (Fsp3) is 0.750. The van der Waals surface area contributed by atoms with E-state index in [1.807, 2.05) is 20.8 Å². The lowest BCUT2D eigenvalue weighted by Crippen LogP contribution is -2.51. The molecule has 1 saturated heterocycles. The Morgan fingerprint density at radius 3 is 2.42 bits per heavy atom. The Morgan fingerprint density at radius 2 is 2.05 bits per heavy atom. The number of likely N-dealkylation sites (tertiary alicyclic amines) is 1. The number of amides is 3. The maximum absolute atomic E-state index is 12.1. The number of rotatable bonds is 4. The van der Waals surface area contributed by atoms with Crippen LogP contribution in [-0.4, -0.2) is 48.7 Å². The Balaban J connectivity index is 2.95. The second kappa shape index (κ2) is 5.56. The molecular formula is C12H20N2O5. The summed E-state index contributed by atoms with van der Waals surface area (Å²) >= 11 is 0. The zero-order chi connectivity index (χ0) is 14.8. The van der Waals surface area contributed by atoms with Gasteiger partial charge >= 0.3 is 6.09 Å². The van der Waals surface area contributed by atoms with E-state index in [0.717, 1.165) is 4.90 Å². The number of carbonyl (C=O) groups excluding carboxylic acids is 3. The van der Waals surface area contributed by atoms with Gasteiger partial charge in [0.1, 0.15) is 12.7 Å². The molecule has 0 aromatic rings. The van der Waals surface area contributed by atoms with E-state index in [1.165, 1.54) is 7.11 Å². The van der Waals surface area contributed by atoms with Crippen LogP contribution in [0.4, 0.5) is 4.79 Å². The molecule has 0 spiro atoms. The van der Waals surface area contributed by atoms with Crippen LogP contribution in [0.15, 0.2) is 0 Å². The first-order chi connectivity index (χ1) is 8.68. The lowest BCUT2D eigenvalue weighted by molar-refractivity contribution is -0.148. The molecule has 2 N–H and O–H groups in total. The molecule has 0 aromatic heterocycles. The van der Waals surface area contributed by atoms with Gasteiger partial charge in [-0.1, -0.05) is 20.8 Å². The normalized spacial score (nSPS) is 21.7. The first kappa shape index (κ1) is 15.4. The summed E-state index contributed by atoms with van der Waals surface area (Å²) in [5.41, 5.74) is 4.49. The Morgan fingerprint density at radius 1 is 1.47 bits per heavy atom. The standard InChI is InChI=1S/C12H20N2O5/c1-12(2,3)8(6-19-11(13)17)14-9(15)5-7(18-4)10(14)16/h7-8H,5-6H2,1-4H3,(H2,13,17). The highest BCUT2D eigenvalue weighted by Crippen LogP contribution is 2.29. The SMILES string of the molecule is COC1CC(=O)N(C(COC(N)=O)C(C)(C)C)C1=O. The van der Waals surface area contributed by atoms with Crippen LogP contribution < -0.4 is 5.73 Å². The van der Waals surface area contributed by atoms with E-state index in [-0.39, 0.29) is 18.9 Å². The molecule has 7 heteroatoms. The largest absolute Gasteiger partial charge is 0.447 e. The van der Waals surface area contributed by atoms with E-state index >= 15 is 0 Å². The number of primary amides is 1. The van der Waals surface area contributed by atoms with Gasteiger partial charge in [0.15, 0.2) is 0 Å². The molecule has 0 aromatic carbocycles. The molecule has 2 atom stereocenters. The zero-order valence-electron chi connectivity index (χ0n) is 11.6. The molecule has 1 heterocycles. The van der Waals surface area contributed by atoms with Crippen molar-refractivity contribution in [2.75, 3.05) is 13.7 Å². The molecule has 108 valence electrons. The fourth-order valence-corrected chi connectivity index (χ4v) is 2.01. The Bertz CT molecular complexity index is 388. The quantitative estimate of drug-likeness (QED) is 0.740. The van der Waals surface area contributed by atoms with Gasteiger partial charge in [0.05, 0.1) is 12.5 Å². The summed E-state index contributed by atoms with van der Waals surface area (Å²) in [6.45, 7) is 5.43. The lowest BCUT2D eigenvalue weighted by atomic mass is 9.86. The highest BCUT2D eigenvalue weighted by molar-refractivity contribution is 6.05. The maximum Gasteiger partial charge on any atom is 0.404 e. The van der Waals surface area contributed by atoms with E-state index in [2.05, 4.69) is 0 Å². The Labute approximate surface area is 112 Å². The number of hydrogen-bond donors (Lipinski definition) is 1. The van der Waals surface area contributed by atoms with Crippen molar-refractivity contribution in [2.45, 2.75) is 39.3 Å². The average Bonchev–Trinajstić information content (AvgIpc) is 2.54. The van der Waals surface area contributed by atoms with Gasteiger partial charge < -0.3 is 15.2 Å². The lowest BCUT2D eigenvalue weighted by Gasteiger charge is -2.36. The molecule has 0 bridgehead atoms. The topological polar surface area (TPSA) is 98.9 Å². The molecule has 1 rings (SSSR count). The van der Waals surface area contributed by atoms with Crippen molar-refractivity contribution >= 4 is 17.9 Å². The molecule has 7 nitrogen and oxygen atoms in total. The highest BCUT2D eigenvalue weighted by atomic mass is 16.5. The minimum absolute atomic E-state index is 0.0124. The van der Waals surface area contributed by atoms with Crippen molar-refractivity contribution in [1.82, 2.24) is 4.90 Å². The van der Waals surface area contributed by atoms with Crippen molar-refractivity contribution in [2.24, 2.45) is 11.1 Å². The number of methoxy groups -OCH3 is 1. The summed E-state index contributed by atoms with van der Waals surface area (Å²) in [5.74, 6) is -0.731. The monoisotopic (exact) mass is 272 g/mol. The number of nitrogens with two attached hydrogens (primary N) is 1. The van der Waals surface area contributed by atoms with E-state index < -0.39 is 29.6 Å². The molecule has 0 radical (unpaired) electrons. The molecule has 0 saturated carbocycles. The summed E-state index contributed by atoms with van der Waals surface area (Å²) in [4.78, 5) is 35.9. The molecule has 19 heavy (non-hydrogen) atoms. The van der Waals surface area contributed by atoms with Crippen LogP contribution in [0.1, 0.15) is 27.2 Å². The number of imide groups is 1. The van der Waals surface area contributed by atoms with Gasteiger partial charge in [0.25, 0.3) is 5.91 Å². The van der Waals surface area contributed by atoms with Gasteiger partial charge in [-0.25, -0.2) is 4.79 Å². The van der Waals surface area contributed by atoms with Crippen molar-refractivity contribution in [3.8, 4) is 0 Å². The van der Waals surface area contributed by atoms with E-state index in [9.17, 15) is 14.4 Å². The van der Waals surface area contributed by atoms with Gasteiger partial charge in [0.2, 0.25) is 5.91 Å². The van der Waals surface area contributed by atoms with Gasteiger partial charge in [-0.05, 0) is 5.41 Å². The van der Waals surface area contributed by atoms with Crippen LogP contribution in [0.2, 0.25) is 0 Å². The first-order valence-electron chi connectivity index (χ1n) is 5.99. The molecule has 0 aliphatic carbocycles. The van der Waals surface area contributed by atoms with Gasteiger partial charge in [-0.2, -0.15) is 0 Å². The summed E-state index contributed by atoms with van der Waals surface area (Å²) in [6.07, 6.45) is -1.68. The Hall–Kier alpha value is -1.63. The molecular weight excluding hydrogens is 252 g/mol. The van der Waals surface area contributed by atoms with Crippen molar-refractivity contribution in [3.05, 3.63) is 0 Å². The molecule has 1 aliphatic heterocycles. The molecule has 1 aliphatic rings. The Kier molecular flexibility index (Phi) is 4.52.